The van der Waals surface area contributed by atoms with Gasteiger partial charge >= 0.3 is 5.69 Å². The van der Waals surface area contributed by atoms with E-state index in [1.807, 2.05) is 0 Å². The molecule has 6 nitrogen and oxygen atoms in total. The first-order valence-corrected chi connectivity index (χ1v) is 4.14. The smallest absolute Gasteiger partial charge is 0.312 e. The Kier molecular flexibility index (Phi) is 1.96. The summed E-state index contributed by atoms with van der Waals surface area (Å²) in [5.41, 5.74) is 5.45. The van der Waals surface area contributed by atoms with Crippen LogP contribution in [0.5, 0.6) is 5.75 Å². The van der Waals surface area contributed by atoms with E-state index in [-0.39, 0.29) is 17.2 Å². The molecule has 2 rings (SSSR count). The van der Waals surface area contributed by atoms with Gasteiger partial charge in [0.2, 0.25) is 5.58 Å². The maximum atomic E-state index is 10.7. The Balaban J connectivity index is 2.82. The molecule has 0 aliphatic heterocycles. The summed E-state index contributed by atoms with van der Waals surface area (Å²) in [4.78, 5) is 10.2. The lowest BCUT2D eigenvalue weighted by atomic mass is 10.2. The van der Waals surface area contributed by atoms with Crippen LogP contribution in [0.15, 0.2) is 22.6 Å². The molecule has 0 saturated carbocycles. The molecule has 78 valence electrons. The maximum Gasteiger partial charge on any atom is 0.312 e. The number of nitro groups is 1. The van der Waals surface area contributed by atoms with Crippen molar-refractivity contribution in [1.29, 1.82) is 0 Å². The summed E-state index contributed by atoms with van der Waals surface area (Å²) in [6.07, 6.45) is 0. The Bertz CT molecular complexity index is 532. The van der Waals surface area contributed by atoms with Gasteiger partial charge in [-0.1, -0.05) is 0 Å². The third-order valence-corrected chi connectivity index (χ3v) is 2.06. The topological polar surface area (TPSA) is 91.5 Å². The fourth-order valence-corrected chi connectivity index (χ4v) is 1.43. The summed E-state index contributed by atoms with van der Waals surface area (Å²) in [7, 11) is 1.48. The van der Waals surface area contributed by atoms with Gasteiger partial charge in [0.25, 0.3) is 0 Å². The first kappa shape index (κ1) is 9.32. The van der Waals surface area contributed by atoms with Crippen LogP contribution in [0.25, 0.3) is 11.0 Å². The van der Waals surface area contributed by atoms with Crippen LogP contribution < -0.4 is 10.5 Å². The number of hydrogen-bond acceptors (Lipinski definition) is 5. The first-order valence-electron chi connectivity index (χ1n) is 4.14. The zero-order valence-corrected chi connectivity index (χ0v) is 7.89. The highest BCUT2D eigenvalue weighted by Crippen LogP contribution is 2.35. The standard InChI is InChI=1S/C9H8N2O4/c1-14-7-3-2-6(11(12)13)9-5(7)4-8(10)15-9/h2-4H,10H2,1H3. The molecule has 1 aromatic carbocycles. The second-order valence-electron chi connectivity index (χ2n) is 2.94. The molecule has 0 atom stereocenters. The second-order valence-corrected chi connectivity index (χ2v) is 2.94. The minimum Gasteiger partial charge on any atom is -0.496 e. The minimum atomic E-state index is -0.523. The van der Waals surface area contributed by atoms with Crippen LogP contribution in [0.4, 0.5) is 11.6 Å². The molecular formula is C9H8N2O4. The average molecular weight is 208 g/mol. The largest absolute Gasteiger partial charge is 0.496 e. The fourth-order valence-electron chi connectivity index (χ4n) is 1.43. The van der Waals surface area contributed by atoms with Crippen molar-refractivity contribution in [1.82, 2.24) is 0 Å². The number of anilines is 1. The van der Waals surface area contributed by atoms with Crippen LogP contribution >= 0.6 is 0 Å². The Morgan fingerprint density at radius 2 is 2.27 bits per heavy atom. The average Bonchev–Trinajstić information content (AvgIpc) is 2.56. The van der Waals surface area contributed by atoms with Crippen molar-refractivity contribution >= 4 is 22.5 Å². The van der Waals surface area contributed by atoms with Crippen LogP contribution in [0, 0.1) is 10.1 Å². The van der Waals surface area contributed by atoms with Crippen LogP contribution in [-0.2, 0) is 0 Å². The summed E-state index contributed by atoms with van der Waals surface area (Å²) < 4.78 is 10.1. The lowest BCUT2D eigenvalue weighted by Crippen LogP contribution is -1.90. The lowest BCUT2D eigenvalue weighted by molar-refractivity contribution is -0.383. The molecule has 0 bridgehead atoms. The highest BCUT2D eigenvalue weighted by molar-refractivity contribution is 5.93. The Morgan fingerprint density at radius 3 is 2.87 bits per heavy atom. The molecule has 2 N–H and O–H groups in total. The summed E-state index contributed by atoms with van der Waals surface area (Å²) in [5, 5.41) is 11.2. The molecule has 0 amide bonds. The summed E-state index contributed by atoms with van der Waals surface area (Å²) in [6.45, 7) is 0. The molecule has 0 radical (unpaired) electrons. The van der Waals surface area contributed by atoms with Gasteiger partial charge < -0.3 is 14.9 Å². The van der Waals surface area contributed by atoms with Gasteiger partial charge in [-0.2, -0.15) is 0 Å². The van der Waals surface area contributed by atoms with Gasteiger partial charge in [-0.25, -0.2) is 0 Å². The number of nitrogens with zero attached hydrogens (tertiary/aromatic N) is 1. The van der Waals surface area contributed by atoms with E-state index >= 15 is 0 Å². The number of methoxy groups -OCH3 is 1. The van der Waals surface area contributed by atoms with Gasteiger partial charge in [-0.3, -0.25) is 10.1 Å². The number of nitro benzene ring substituents is 1. The van der Waals surface area contributed by atoms with Gasteiger partial charge in [0.05, 0.1) is 17.4 Å². The maximum absolute atomic E-state index is 10.7. The molecule has 2 aromatic rings. The number of furan rings is 1. The van der Waals surface area contributed by atoms with E-state index in [4.69, 9.17) is 14.9 Å². The van der Waals surface area contributed by atoms with Crippen molar-refractivity contribution in [3.63, 3.8) is 0 Å². The van der Waals surface area contributed by atoms with Gasteiger partial charge in [-0.15, -0.1) is 0 Å². The van der Waals surface area contributed by atoms with Crippen molar-refractivity contribution in [2.75, 3.05) is 12.8 Å². The highest BCUT2D eigenvalue weighted by atomic mass is 16.6. The number of benzene rings is 1. The molecule has 6 heteroatoms. The number of nitrogens with two attached hydrogens (primary N) is 1. The second kappa shape index (κ2) is 3.16. The monoisotopic (exact) mass is 208 g/mol. The van der Waals surface area contributed by atoms with E-state index in [0.29, 0.717) is 11.1 Å². The van der Waals surface area contributed by atoms with Gasteiger partial charge in [-0.05, 0) is 6.07 Å². The van der Waals surface area contributed by atoms with Crippen molar-refractivity contribution in [3.8, 4) is 5.75 Å². The van der Waals surface area contributed by atoms with E-state index in [0.717, 1.165) is 0 Å². The van der Waals surface area contributed by atoms with Gasteiger partial charge in [0.15, 0.2) is 5.88 Å². The Morgan fingerprint density at radius 1 is 1.53 bits per heavy atom. The van der Waals surface area contributed by atoms with E-state index in [1.54, 1.807) is 0 Å². The summed E-state index contributed by atoms with van der Waals surface area (Å²) in [5.74, 6) is 0.619. The number of non-ortho nitro benzene ring substituents is 1. The summed E-state index contributed by atoms with van der Waals surface area (Å²) >= 11 is 0. The first-order chi connectivity index (χ1) is 7.13. The fraction of sp³-hybridized carbons (Fsp3) is 0.111. The number of hydrogen-bond donors (Lipinski definition) is 1. The molecule has 1 heterocycles. The molecule has 1 aromatic heterocycles. The van der Waals surface area contributed by atoms with E-state index in [9.17, 15) is 10.1 Å². The third kappa shape index (κ3) is 1.35. The van der Waals surface area contributed by atoms with Crippen molar-refractivity contribution in [2.24, 2.45) is 0 Å². The van der Waals surface area contributed by atoms with E-state index < -0.39 is 4.92 Å². The van der Waals surface area contributed by atoms with Gasteiger partial charge in [0.1, 0.15) is 5.75 Å². The number of rotatable bonds is 2. The minimum absolute atomic E-state index is 0.123. The molecule has 0 spiro atoms. The van der Waals surface area contributed by atoms with Gasteiger partial charge in [0, 0.05) is 12.1 Å². The quantitative estimate of drug-likeness (QED) is 0.601. The zero-order valence-electron chi connectivity index (χ0n) is 7.89. The molecule has 0 aliphatic carbocycles. The third-order valence-electron chi connectivity index (χ3n) is 2.06. The molecular weight excluding hydrogens is 200 g/mol. The van der Waals surface area contributed by atoms with Crippen LogP contribution in [-0.4, -0.2) is 12.0 Å². The van der Waals surface area contributed by atoms with Crippen molar-refractivity contribution in [2.45, 2.75) is 0 Å². The predicted octanol–water partition coefficient (Wildman–Crippen LogP) is 1.93. The Labute approximate surface area is 84.4 Å². The molecule has 0 unspecified atom stereocenters. The van der Waals surface area contributed by atoms with E-state index in [2.05, 4.69) is 0 Å². The van der Waals surface area contributed by atoms with Crippen LogP contribution in [0.3, 0.4) is 0 Å². The predicted molar refractivity (Wildman–Crippen MR) is 53.8 cm³/mol. The zero-order chi connectivity index (χ0) is 11.0. The van der Waals surface area contributed by atoms with Crippen molar-refractivity contribution < 1.29 is 14.1 Å². The summed E-state index contributed by atoms with van der Waals surface area (Å²) in [6, 6.07) is 4.33. The van der Waals surface area contributed by atoms with Crippen LogP contribution in [0.1, 0.15) is 0 Å². The highest BCUT2D eigenvalue weighted by Gasteiger charge is 2.19. The molecule has 0 saturated heterocycles. The van der Waals surface area contributed by atoms with Crippen LogP contribution in [0.2, 0.25) is 0 Å². The number of fused-ring (bicyclic) bond motifs is 1. The SMILES string of the molecule is COc1ccc([N+](=O)[O-])c2oc(N)cc12. The molecule has 0 aliphatic rings. The Hall–Kier alpha value is -2.24. The van der Waals surface area contributed by atoms with E-state index in [1.165, 1.54) is 25.3 Å². The molecule has 0 fully saturated rings. The lowest BCUT2D eigenvalue weighted by Gasteiger charge is -1.99. The molecule has 15 heavy (non-hydrogen) atoms. The number of ether oxygens (including phenoxy) is 1. The number of nitrogen functional groups attached to an aromatic ring is 1. The van der Waals surface area contributed by atoms with Crippen molar-refractivity contribution in [3.05, 3.63) is 28.3 Å². The normalized spacial score (nSPS) is 10.5.